The van der Waals surface area contributed by atoms with Crippen molar-refractivity contribution < 1.29 is 12.9 Å². The Hall–Kier alpha value is -1.74. The highest BCUT2D eigenvalue weighted by atomic mass is 35.5. The minimum absolute atomic E-state index is 0.186. The van der Waals surface area contributed by atoms with E-state index in [0.717, 1.165) is 5.56 Å². The normalized spacial score (nSPS) is 11.8. The predicted octanol–water partition coefficient (Wildman–Crippen LogP) is 3.55. The Bertz CT molecular complexity index is 962. The van der Waals surface area contributed by atoms with Crippen LogP contribution in [-0.2, 0) is 16.6 Å². The zero-order valence-corrected chi connectivity index (χ0v) is 15.3. The SMILES string of the molecule is Cc1nc(-c2cc(S(=O)(=O)NCc3ccc(Cl)cc3)c(C)s2)no1. The van der Waals surface area contributed by atoms with Crippen molar-refractivity contribution in [3.8, 4) is 10.7 Å². The molecule has 0 saturated heterocycles. The van der Waals surface area contributed by atoms with Gasteiger partial charge in [-0.3, -0.25) is 0 Å². The standard InChI is InChI=1S/C15H14ClN3O3S2/c1-9-14(7-13(23-9)15-18-10(2)22-19-15)24(20,21)17-8-11-3-5-12(16)6-4-11/h3-7,17H,8H2,1-2H3. The highest BCUT2D eigenvalue weighted by Crippen LogP contribution is 2.32. The Morgan fingerprint density at radius 2 is 1.96 bits per heavy atom. The molecule has 0 fully saturated rings. The van der Waals surface area contributed by atoms with E-state index in [0.29, 0.717) is 26.5 Å². The number of nitrogens with one attached hydrogen (secondary N) is 1. The van der Waals surface area contributed by atoms with E-state index in [1.807, 2.05) is 0 Å². The molecule has 0 unspecified atom stereocenters. The second-order valence-corrected chi connectivity index (χ2v) is 8.55. The zero-order valence-electron chi connectivity index (χ0n) is 12.9. The maximum Gasteiger partial charge on any atom is 0.241 e. The fourth-order valence-electron chi connectivity index (χ4n) is 2.10. The third kappa shape index (κ3) is 3.67. The molecule has 0 radical (unpaired) electrons. The number of aryl methyl sites for hydroxylation is 2. The number of thiophene rings is 1. The number of halogens is 1. The first-order valence-electron chi connectivity index (χ1n) is 7.00. The average Bonchev–Trinajstić information content (AvgIpc) is 3.13. The van der Waals surface area contributed by atoms with Crippen molar-refractivity contribution >= 4 is 33.0 Å². The van der Waals surface area contributed by atoms with Gasteiger partial charge in [0.1, 0.15) is 0 Å². The van der Waals surface area contributed by atoms with Crippen molar-refractivity contribution in [1.82, 2.24) is 14.9 Å². The molecule has 0 aliphatic heterocycles. The Balaban J connectivity index is 1.81. The number of sulfonamides is 1. The van der Waals surface area contributed by atoms with E-state index in [2.05, 4.69) is 14.9 Å². The van der Waals surface area contributed by atoms with Crippen LogP contribution in [0.25, 0.3) is 10.7 Å². The predicted molar refractivity (Wildman–Crippen MR) is 92.6 cm³/mol. The lowest BCUT2D eigenvalue weighted by molar-refractivity contribution is 0.394. The molecule has 0 saturated carbocycles. The topological polar surface area (TPSA) is 85.1 Å². The van der Waals surface area contributed by atoms with Gasteiger partial charge in [0.05, 0.1) is 9.77 Å². The highest BCUT2D eigenvalue weighted by molar-refractivity contribution is 7.89. The lowest BCUT2D eigenvalue weighted by atomic mass is 10.2. The third-order valence-corrected chi connectivity index (χ3v) is 6.24. The van der Waals surface area contributed by atoms with Gasteiger partial charge in [0.15, 0.2) is 0 Å². The summed E-state index contributed by atoms with van der Waals surface area (Å²) >= 11 is 7.13. The van der Waals surface area contributed by atoms with Gasteiger partial charge in [0, 0.05) is 23.4 Å². The molecular formula is C15H14ClN3O3S2. The Kier molecular flexibility index (Phi) is 4.73. The van der Waals surface area contributed by atoms with Gasteiger partial charge in [0.25, 0.3) is 0 Å². The first-order chi connectivity index (χ1) is 11.3. The Labute approximate surface area is 148 Å². The molecule has 0 aliphatic rings. The van der Waals surface area contributed by atoms with E-state index >= 15 is 0 Å². The highest BCUT2D eigenvalue weighted by Gasteiger charge is 2.21. The molecule has 0 amide bonds. The summed E-state index contributed by atoms with van der Waals surface area (Å²) in [6.45, 7) is 3.62. The van der Waals surface area contributed by atoms with Crippen LogP contribution in [0.3, 0.4) is 0 Å². The van der Waals surface area contributed by atoms with E-state index in [9.17, 15) is 8.42 Å². The summed E-state index contributed by atoms with van der Waals surface area (Å²) in [5.74, 6) is 0.820. The van der Waals surface area contributed by atoms with Crippen LogP contribution in [0, 0.1) is 13.8 Å². The van der Waals surface area contributed by atoms with Gasteiger partial charge < -0.3 is 4.52 Å². The van der Waals surface area contributed by atoms with Crippen molar-refractivity contribution in [2.75, 3.05) is 0 Å². The lowest BCUT2D eigenvalue weighted by Crippen LogP contribution is -2.23. The largest absolute Gasteiger partial charge is 0.339 e. The quantitative estimate of drug-likeness (QED) is 0.728. The Morgan fingerprint density at radius 3 is 2.58 bits per heavy atom. The van der Waals surface area contributed by atoms with Gasteiger partial charge in [-0.15, -0.1) is 11.3 Å². The van der Waals surface area contributed by atoms with Crippen LogP contribution in [0.2, 0.25) is 5.02 Å². The second-order valence-electron chi connectivity index (χ2n) is 5.12. The third-order valence-electron chi connectivity index (χ3n) is 3.29. The zero-order chi connectivity index (χ0) is 17.3. The molecule has 3 aromatic rings. The number of hydrogen-bond acceptors (Lipinski definition) is 6. The summed E-state index contributed by atoms with van der Waals surface area (Å²) in [6.07, 6.45) is 0. The lowest BCUT2D eigenvalue weighted by Gasteiger charge is -2.06. The molecule has 24 heavy (non-hydrogen) atoms. The van der Waals surface area contributed by atoms with Crippen molar-refractivity contribution in [1.29, 1.82) is 0 Å². The van der Waals surface area contributed by atoms with Crippen LogP contribution in [0.1, 0.15) is 16.3 Å². The Morgan fingerprint density at radius 1 is 1.25 bits per heavy atom. The summed E-state index contributed by atoms with van der Waals surface area (Å²) in [7, 11) is -3.64. The molecular weight excluding hydrogens is 370 g/mol. The molecule has 1 N–H and O–H groups in total. The maximum atomic E-state index is 12.5. The molecule has 126 valence electrons. The van der Waals surface area contributed by atoms with Gasteiger partial charge in [-0.1, -0.05) is 28.9 Å². The smallest absolute Gasteiger partial charge is 0.241 e. The van der Waals surface area contributed by atoms with Gasteiger partial charge in [-0.05, 0) is 30.7 Å². The van der Waals surface area contributed by atoms with E-state index in [-0.39, 0.29) is 11.4 Å². The van der Waals surface area contributed by atoms with Crippen molar-refractivity contribution in [3.63, 3.8) is 0 Å². The van der Waals surface area contributed by atoms with Crippen LogP contribution in [0.15, 0.2) is 39.8 Å². The molecule has 1 aromatic carbocycles. The first-order valence-corrected chi connectivity index (χ1v) is 9.68. The first kappa shape index (κ1) is 17.1. The van der Waals surface area contributed by atoms with Crippen LogP contribution < -0.4 is 4.72 Å². The van der Waals surface area contributed by atoms with Crippen molar-refractivity contribution in [2.24, 2.45) is 0 Å². The second kappa shape index (κ2) is 6.64. The van der Waals surface area contributed by atoms with E-state index in [4.69, 9.17) is 16.1 Å². The maximum absolute atomic E-state index is 12.5. The molecule has 6 nitrogen and oxygen atoms in total. The van der Waals surface area contributed by atoms with Gasteiger partial charge in [0.2, 0.25) is 21.7 Å². The average molecular weight is 384 g/mol. The summed E-state index contributed by atoms with van der Waals surface area (Å²) in [4.78, 5) is 5.66. The molecule has 9 heteroatoms. The molecule has 0 atom stereocenters. The van der Waals surface area contributed by atoms with Gasteiger partial charge in [-0.2, -0.15) is 4.98 Å². The number of aromatic nitrogens is 2. The van der Waals surface area contributed by atoms with Crippen LogP contribution in [0.4, 0.5) is 0 Å². The number of nitrogens with zero attached hydrogens (tertiary/aromatic N) is 2. The van der Waals surface area contributed by atoms with E-state index in [1.54, 1.807) is 44.2 Å². The fourth-order valence-corrected chi connectivity index (χ4v) is 4.76. The summed E-state index contributed by atoms with van der Waals surface area (Å²) in [6, 6.07) is 8.56. The monoisotopic (exact) mass is 383 g/mol. The fraction of sp³-hybridized carbons (Fsp3) is 0.200. The van der Waals surface area contributed by atoms with Crippen LogP contribution in [0.5, 0.6) is 0 Å². The van der Waals surface area contributed by atoms with E-state index < -0.39 is 10.0 Å². The van der Waals surface area contributed by atoms with Crippen molar-refractivity contribution in [2.45, 2.75) is 25.3 Å². The van der Waals surface area contributed by atoms with Crippen LogP contribution in [-0.4, -0.2) is 18.6 Å². The number of rotatable bonds is 5. The summed E-state index contributed by atoms with van der Waals surface area (Å²) < 4.78 is 32.6. The van der Waals surface area contributed by atoms with Gasteiger partial charge in [-0.25, -0.2) is 13.1 Å². The van der Waals surface area contributed by atoms with Crippen molar-refractivity contribution in [3.05, 3.63) is 51.7 Å². The van der Waals surface area contributed by atoms with E-state index in [1.165, 1.54) is 11.3 Å². The minimum atomic E-state index is -3.64. The number of benzene rings is 1. The number of hydrogen-bond donors (Lipinski definition) is 1. The summed E-state index contributed by atoms with van der Waals surface area (Å²) in [5.41, 5.74) is 0.824. The molecule has 2 heterocycles. The molecule has 0 aliphatic carbocycles. The minimum Gasteiger partial charge on any atom is -0.339 e. The molecule has 3 rings (SSSR count). The summed E-state index contributed by atoms with van der Waals surface area (Å²) in [5, 5.41) is 4.43. The molecule has 0 spiro atoms. The molecule has 0 bridgehead atoms. The van der Waals surface area contributed by atoms with Crippen LogP contribution >= 0.6 is 22.9 Å². The van der Waals surface area contributed by atoms with Gasteiger partial charge >= 0.3 is 0 Å². The molecule has 2 aromatic heterocycles.